The quantitative estimate of drug-likeness (QED) is 0.865. The molecule has 0 radical (unpaired) electrons. The molecule has 0 bridgehead atoms. The molecule has 4 nitrogen and oxygen atoms in total. The van der Waals surface area contributed by atoms with Crippen molar-refractivity contribution in [1.82, 2.24) is 4.72 Å². The van der Waals surface area contributed by atoms with Crippen molar-refractivity contribution in [2.24, 2.45) is 5.41 Å². The summed E-state index contributed by atoms with van der Waals surface area (Å²) in [5.41, 5.74) is 0.245. The second-order valence-electron chi connectivity index (χ2n) is 5.70. The third-order valence-corrected chi connectivity index (χ3v) is 5.17. The molecule has 1 aromatic carbocycles. The van der Waals surface area contributed by atoms with Crippen LogP contribution in [0.5, 0.6) is 0 Å². The van der Waals surface area contributed by atoms with Crippen LogP contribution in [0.3, 0.4) is 0 Å². The molecule has 0 atom stereocenters. The van der Waals surface area contributed by atoms with Crippen LogP contribution in [0.1, 0.15) is 32.8 Å². The number of aliphatic hydroxyl groups is 1. The second kappa shape index (κ2) is 6.62. The predicted octanol–water partition coefficient (Wildman–Crippen LogP) is 3.20. The summed E-state index contributed by atoms with van der Waals surface area (Å²) in [6.07, 6.45) is 0.699. The third-order valence-electron chi connectivity index (χ3n) is 2.77. The normalized spacial score (nSPS) is 12.7. The van der Waals surface area contributed by atoms with Gasteiger partial charge < -0.3 is 5.11 Å². The number of nitrogens with one attached hydrogen (secondary N) is 1. The molecule has 114 valence electrons. The molecule has 0 unspecified atom stereocenters. The summed E-state index contributed by atoms with van der Waals surface area (Å²) in [6.45, 7) is 5.99. The van der Waals surface area contributed by atoms with Crippen molar-refractivity contribution in [3.05, 3.63) is 27.7 Å². The van der Waals surface area contributed by atoms with Gasteiger partial charge in [0, 0.05) is 17.1 Å². The van der Waals surface area contributed by atoms with Gasteiger partial charge in [-0.25, -0.2) is 13.1 Å². The standard InChI is InChI=1S/C13H19Cl2NO3S/c1-13(2,3)6-7-16-20(18,19)11-5-4-10(14)9(8-17)12(11)15/h4-5,16-17H,6-8H2,1-3H3. The van der Waals surface area contributed by atoms with E-state index >= 15 is 0 Å². The topological polar surface area (TPSA) is 66.4 Å². The minimum atomic E-state index is -3.71. The Morgan fingerprint density at radius 1 is 1.25 bits per heavy atom. The molecule has 2 N–H and O–H groups in total. The molecule has 1 rings (SSSR count). The molecule has 0 fully saturated rings. The van der Waals surface area contributed by atoms with Gasteiger partial charge in [-0.05, 0) is 24.0 Å². The minimum Gasteiger partial charge on any atom is -0.392 e. The van der Waals surface area contributed by atoms with Gasteiger partial charge in [0.1, 0.15) is 4.90 Å². The van der Waals surface area contributed by atoms with Crippen LogP contribution in [0.15, 0.2) is 17.0 Å². The summed E-state index contributed by atoms with van der Waals surface area (Å²) in [5.74, 6) is 0. The monoisotopic (exact) mass is 339 g/mol. The first-order valence-electron chi connectivity index (χ1n) is 6.16. The van der Waals surface area contributed by atoms with Crippen LogP contribution in [-0.4, -0.2) is 20.1 Å². The molecule has 0 heterocycles. The van der Waals surface area contributed by atoms with E-state index in [0.717, 1.165) is 0 Å². The zero-order chi connectivity index (χ0) is 15.6. The lowest BCUT2D eigenvalue weighted by Gasteiger charge is -2.18. The van der Waals surface area contributed by atoms with Gasteiger partial charge in [-0.1, -0.05) is 44.0 Å². The van der Waals surface area contributed by atoms with E-state index in [4.69, 9.17) is 23.2 Å². The van der Waals surface area contributed by atoms with Crippen LogP contribution in [0.2, 0.25) is 10.0 Å². The first-order valence-corrected chi connectivity index (χ1v) is 8.40. The molecule has 0 saturated heterocycles. The average Bonchev–Trinajstić information content (AvgIpc) is 2.26. The van der Waals surface area contributed by atoms with Gasteiger partial charge in [0.25, 0.3) is 0 Å². The number of hydrogen-bond donors (Lipinski definition) is 2. The fourth-order valence-electron chi connectivity index (χ4n) is 1.57. The van der Waals surface area contributed by atoms with Gasteiger partial charge in [-0.15, -0.1) is 0 Å². The first-order chi connectivity index (χ1) is 9.08. The maximum atomic E-state index is 12.2. The van der Waals surface area contributed by atoms with Gasteiger partial charge in [-0.3, -0.25) is 0 Å². The van der Waals surface area contributed by atoms with E-state index in [1.54, 1.807) is 0 Å². The Morgan fingerprint density at radius 3 is 2.35 bits per heavy atom. The molecule has 0 aliphatic rings. The summed E-state index contributed by atoms with van der Waals surface area (Å²) < 4.78 is 26.9. The van der Waals surface area contributed by atoms with Gasteiger partial charge in [-0.2, -0.15) is 0 Å². The van der Waals surface area contributed by atoms with Crippen LogP contribution in [0.4, 0.5) is 0 Å². The molecule has 0 aliphatic carbocycles. The lowest BCUT2D eigenvalue weighted by molar-refractivity contribution is 0.281. The summed E-state index contributed by atoms with van der Waals surface area (Å²) >= 11 is 11.9. The van der Waals surface area contributed by atoms with Crippen molar-refractivity contribution in [1.29, 1.82) is 0 Å². The van der Waals surface area contributed by atoms with Crippen molar-refractivity contribution >= 4 is 33.2 Å². The summed E-state index contributed by atoms with van der Waals surface area (Å²) in [7, 11) is -3.71. The Bertz CT molecular complexity index is 580. The lowest BCUT2D eigenvalue weighted by atomic mass is 9.93. The van der Waals surface area contributed by atoms with E-state index in [1.165, 1.54) is 12.1 Å². The molecular formula is C13H19Cl2NO3S. The number of hydrogen-bond acceptors (Lipinski definition) is 3. The van der Waals surface area contributed by atoms with Gasteiger partial charge in [0.15, 0.2) is 0 Å². The average molecular weight is 340 g/mol. The molecule has 0 aromatic heterocycles. The van der Waals surface area contributed by atoms with E-state index in [9.17, 15) is 13.5 Å². The Balaban J connectivity index is 2.99. The fourth-order valence-corrected chi connectivity index (χ4v) is 3.49. The number of sulfonamides is 1. The SMILES string of the molecule is CC(C)(C)CCNS(=O)(=O)c1ccc(Cl)c(CO)c1Cl. The fraction of sp³-hybridized carbons (Fsp3) is 0.538. The van der Waals surface area contributed by atoms with Crippen molar-refractivity contribution in [3.63, 3.8) is 0 Å². The molecule has 7 heteroatoms. The third kappa shape index (κ3) is 4.60. The Kier molecular flexibility index (Phi) is 5.87. The summed E-state index contributed by atoms with van der Waals surface area (Å²) in [4.78, 5) is -0.0680. The highest BCUT2D eigenvalue weighted by atomic mass is 35.5. The van der Waals surface area contributed by atoms with E-state index in [-0.39, 0.29) is 25.9 Å². The van der Waals surface area contributed by atoms with E-state index in [0.29, 0.717) is 13.0 Å². The zero-order valence-corrected chi connectivity index (χ0v) is 14.0. The Hall–Kier alpha value is -0.330. The van der Waals surface area contributed by atoms with Gasteiger partial charge in [0.05, 0.1) is 11.6 Å². The van der Waals surface area contributed by atoms with E-state index < -0.39 is 16.6 Å². The molecule has 0 amide bonds. The van der Waals surface area contributed by atoms with E-state index in [2.05, 4.69) is 4.72 Å². The molecule has 0 spiro atoms. The summed E-state index contributed by atoms with van der Waals surface area (Å²) in [5, 5.41) is 9.39. The first kappa shape index (κ1) is 17.7. The van der Waals surface area contributed by atoms with Crippen molar-refractivity contribution < 1.29 is 13.5 Å². The van der Waals surface area contributed by atoms with Crippen LogP contribution in [-0.2, 0) is 16.6 Å². The number of halogens is 2. The summed E-state index contributed by atoms with van der Waals surface area (Å²) in [6, 6.07) is 2.75. The smallest absolute Gasteiger partial charge is 0.242 e. The predicted molar refractivity (Wildman–Crippen MR) is 81.6 cm³/mol. The molecular weight excluding hydrogens is 321 g/mol. The van der Waals surface area contributed by atoms with Crippen LogP contribution in [0.25, 0.3) is 0 Å². The van der Waals surface area contributed by atoms with Crippen molar-refractivity contribution in [2.45, 2.75) is 38.7 Å². The lowest BCUT2D eigenvalue weighted by Crippen LogP contribution is -2.27. The zero-order valence-electron chi connectivity index (χ0n) is 11.7. The maximum Gasteiger partial charge on any atom is 0.242 e. The Morgan fingerprint density at radius 2 is 1.85 bits per heavy atom. The number of benzene rings is 1. The molecule has 1 aromatic rings. The van der Waals surface area contributed by atoms with Crippen molar-refractivity contribution in [2.75, 3.05) is 6.54 Å². The van der Waals surface area contributed by atoms with E-state index in [1.807, 2.05) is 20.8 Å². The highest BCUT2D eigenvalue weighted by Crippen LogP contribution is 2.31. The van der Waals surface area contributed by atoms with Crippen LogP contribution < -0.4 is 4.72 Å². The number of aliphatic hydroxyl groups excluding tert-OH is 1. The van der Waals surface area contributed by atoms with Crippen LogP contribution in [0, 0.1) is 5.41 Å². The van der Waals surface area contributed by atoms with Crippen molar-refractivity contribution in [3.8, 4) is 0 Å². The molecule has 20 heavy (non-hydrogen) atoms. The second-order valence-corrected chi connectivity index (χ2v) is 8.23. The Labute approximate surface area is 130 Å². The van der Waals surface area contributed by atoms with Gasteiger partial charge in [0.2, 0.25) is 10.0 Å². The van der Waals surface area contributed by atoms with Crippen LogP contribution >= 0.6 is 23.2 Å². The maximum absolute atomic E-state index is 12.2. The highest BCUT2D eigenvalue weighted by Gasteiger charge is 2.22. The molecule has 0 aliphatic heterocycles. The van der Waals surface area contributed by atoms with Gasteiger partial charge >= 0.3 is 0 Å². The largest absolute Gasteiger partial charge is 0.392 e. The number of rotatable bonds is 5. The molecule has 0 saturated carbocycles. The highest BCUT2D eigenvalue weighted by molar-refractivity contribution is 7.89. The minimum absolute atomic E-state index is 0.0303.